The Morgan fingerprint density at radius 2 is 1.69 bits per heavy atom. The van der Waals surface area contributed by atoms with Crippen LogP contribution in [0.25, 0.3) is 16.1 Å². The molecule has 1 fully saturated rings. The quantitative estimate of drug-likeness (QED) is 0.473. The number of nitrogens with zero attached hydrogens (tertiary/aromatic N) is 5. The Balaban J connectivity index is 1.18. The summed E-state index contributed by atoms with van der Waals surface area (Å²) in [7, 11) is 0. The van der Waals surface area contributed by atoms with Crippen molar-refractivity contribution in [2.24, 2.45) is 0 Å². The van der Waals surface area contributed by atoms with E-state index in [2.05, 4.69) is 45.1 Å². The van der Waals surface area contributed by atoms with Crippen molar-refractivity contribution in [2.45, 2.75) is 13.1 Å². The molecular weight excluding hydrogens is 418 g/mol. The Hall–Kier alpha value is -3.31. The fourth-order valence-electron chi connectivity index (χ4n) is 4.18. The molecule has 0 bridgehead atoms. The standard InChI is InChI=1S/C25H23N5OS/c26-16-21-3-1-2-4-23(21)20-7-5-19(6-8-20)17-28-9-11-29(12-10-28)18-22-15-24(31)30-13-14-32-25(30)27-22/h1-8,13-15H,9-12,17-18H2. The van der Waals surface area contributed by atoms with Crippen molar-refractivity contribution in [3.8, 4) is 17.2 Å². The average Bonchev–Trinajstić information content (AvgIpc) is 3.30. The van der Waals surface area contributed by atoms with Crippen LogP contribution in [0, 0.1) is 11.3 Å². The zero-order chi connectivity index (χ0) is 21.9. The second kappa shape index (κ2) is 9.05. The molecule has 0 aliphatic carbocycles. The van der Waals surface area contributed by atoms with Gasteiger partial charge >= 0.3 is 0 Å². The van der Waals surface area contributed by atoms with E-state index in [1.54, 1.807) is 16.7 Å². The van der Waals surface area contributed by atoms with Gasteiger partial charge in [-0.3, -0.25) is 19.0 Å². The van der Waals surface area contributed by atoms with Crippen molar-refractivity contribution in [2.75, 3.05) is 26.2 Å². The summed E-state index contributed by atoms with van der Waals surface area (Å²) in [4.78, 5) is 22.4. The Morgan fingerprint density at radius 1 is 0.969 bits per heavy atom. The molecule has 5 rings (SSSR count). The van der Waals surface area contributed by atoms with Gasteiger partial charge in [0.1, 0.15) is 0 Å². The third-order valence-corrected chi connectivity index (χ3v) is 6.68. The van der Waals surface area contributed by atoms with Crippen LogP contribution in [0.3, 0.4) is 0 Å². The first-order valence-electron chi connectivity index (χ1n) is 10.7. The van der Waals surface area contributed by atoms with Crippen LogP contribution >= 0.6 is 11.3 Å². The number of rotatable bonds is 5. The van der Waals surface area contributed by atoms with Gasteiger partial charge in [0, 0.05) is 56.9 Å². The molecule has 7 heteroatoms. The number of fused-ring (bicyclic) bond motifs is 1. The van der Waals surface area contributed by atoms with E-state index in [0.717, 1.165) is 54.5 Å². The van der Waals surface area contributed by atoms with Crippen molar-refractivity contribution < 1.29 is 0 Å². The molecule has 1 aliphatic heterocycles. The molecule has 6 nitrogen and oxygen atoms in total. The topological polar surface area (TPSA) is 64.6 Å². The Bertz CT molecular complexity index is 1330. The van der Waals surface area contributed by atoms with Crippen LogP contribution < -0.4 is 5.56 Å². The van der Waals surface area contributed by atoms with E-state index in [1.165, 1.54) is 16.9 Å². The number of hydrogen-bond acceptors (Lipinski definition) is 6. The molecule has 1 saturated heterocycles. The highest BCUT2D eigenvalue weighted by molar-refractivity contribution is 7.15. The van der Waals surface area contributed by atoms with Gasteiger partial charge < -0.3 is 0 Å². The first-order valence-corrected chi connectivity index (χ1v) is 11.6. The fraction of sp³-hybridized carbons (Fsp3) is 0.240. The van der Waals surface area contributed by atoms with Crippen LogP contribution in [0.1, 0.15) is 16.8 Å². The van der Waals surface area contributed by atoms with Crippen molar-refractivity contribution in [3.05, 3.63) is 93.3 Å². The van der Waals surface area contributed by atoms with Gasteiger partial charge in [-0.1, -0.05) is 42.5 Å². The Morgan fingerprint density at radius 3 is 2.44 bits per heavy atom. The molecular formula is C25H23N5OS. The zero-order valence-corrected chi connectivity index (χ0v) is 18.5. The molecule has 0 radical (unpaired) electrons. The van der Waals surface area contributed by atoms with Gasteiger partial charge in [0.25, 0.3) is 5.56 Å². The second-order valence-corrected chi connectivity index (χ2v) is 8.92. The van der Waals surface area contributed by atoms with Gasteiger partial charge in [-0.15, -0.1) is 11.3 Å². The van der Waals surface area contributed by atoms with Gasteiger partial charge in [0.2, 0.25) is 0 Å². The van der Waals surface area contributed by atoms with Gasteiger partial charge in [-0.2, -0.15) is 5.26 Å². The third-order valence-electron chi connectivity index (χ3n) is 5.93. The predicted molar refractivity (Wildman–Crippen MR) is 126 cm³/mol. The van der Waals surface area contributed by atoms with E-state index in [0.29, 0.717) is 12.1 Å². The van der Waals surface area contributed by atoms with Crippen molar-refractivity contribution >= 4 is 16.3 Å². The summed E-state index contributed by atoms with van der Waals surface area (Å²) < 4.78 is 1.59. The maximum atomic E-state index is 12.2. The molecule has 2 aromatic carbocycles. The number of thiazole rings is 1. The molecule has 0 atom stereocenters. The molecule has 0 N–H and O–H groups in total. The van der Waals surface area contributed by atoms with Crippen molar-refractivity contribution in [1.82, 2.24) is 19.2 Å². The van der Waals surface area contributed by atoms with Crippen LogP contribution in [-0.2, 0) is 13.1 Å². The summed E-state index contributed by atoms with van der Waals surface area (Å²) in [5.74, 6) is 0. The molecule has 4 aromatic rings. The smallest absolute Gasteiger partial charge is 0.258 e. The maximum Gasteiger partial charge on any atom is 0.258 e. The van der Waals surface area contributed by atoms with Crippen LogP contribution in [-0.4, -0.2) is 45.4 Å². The van der Waals surface area contributed by atoms with E-state index in [-0.39, 0.29) is 5.56 Å². The molecule has 160 valence electrons. The van der Waals surface area contributed by atoms with Crippen LogP contribution in [0.15, 0.2) is 71.0 Å². The number of aromatic nitrogens is 2. The first-order chi connectivity index (χ1) is 15.7. The molecule has 0 amide bonds. The van der Waals surface area contributed by atoms with E-state index in [4.69, 9.17) is 0 Å². The summed E-state index contributed by atoms with van der Waals surface area (Å²) >= 11 is 1.49. The van der Waals surface area contributed by atoms with Crippen LogP contribution in [0.2, 0.25) is 0 Å². The predicted octanol–water partition coefficient (Wildman–Crippen LogP) is 3.61. The lowest BCUT2D eigenvalue weighted by Crippen LogP contribution is -2.45. The monoisotopic (exact) mass is 441 g/mol. The molecule has 0 unspecified atom stereocenters. The van der Waals surface area contributed by atoms with Crippen molar-refractivity contribution in [3.63, 3.8) is 0 Å². The molecule has 3 heterocycles. The minimum Gasteiger partial charge on any atom is -0.297 e. The Labute approximate surface area is 190 Å². The molecule has 2 aromatic heterocycles. The normalized spacial score (nSPS) is 15.1. The summed E-state index contributed by atoms with van der Waals surface area (Å²) in [6.45, 7) is 5.51. The lowest BCUT2D eigenvalue weighted by molar-refractivity contribution is 0.121. The highest BCUT2D eigenvalue weighted by Crippen LogP contribution is 2.24. The molecule has 32 heavy (non-hydrogen) atoms. The summed E-state index contributed by atoms with van der Waals surface area (Å²) in [5.41, 5.74) is 4.86. The van der Waals surface area contributed by atoms with Gasteiger partial charge in [-0.25, -0.2) is 4.98 Å². The molecule has 1 aliphatic rings. The van der Waals surface area contributed by atoms with Crippen LogP contribution in [0.5, 0.6) is 0 Å². The first kappa shape index (κ1) is 20.6. The SMILES string of the molecule is N#Cc1ccccc1-c1ccc(CN2CCN(Cc3cc(=O)n4ccsc4n3)CC2)cc1. The van der Waals surface area contributed by atoms with Gasteiger partial charge in [-0.05, 0) is 22.8 Å². The number of piperazine rings is 1. The molecule has 0 spiro atoms. The van der Waals surface area contributed by atoms with E-state index >= 15 is 0 Å². The molecule has 0 saturated carbocycles. The number of benzene rings is 2. The fourth-order valence-corrected chi connectivity index (χ4v) is 4.92. The lowest BCUT2D eigenvalue weighted by Gasteiger charge is -2.34. The Kier molecular flexibility index (Phi) is 5.82. The van der Waals surface area contributed by atoms with E-state index in [1.807, 2.05) is 29.6 Å². The second-order valence-electron chi connectivity index (χ2n) is 8.05. The minimum atomic E-state index is -0.00859. The van der Waals surface area contributed by atoms with Gasteiger partial charge in [0.05, 0.1) is 17.3 Å². The van der Waals surface area contributed by atoms with Crippen LogP contribution in [0.4, 0.5) is 0 Å². The largest absolute Gasteiger partial charge is 0.297 e. The summed E-state index contributed by atoms with van der Waals surface area (Å²) in [5, 5.41) is 11.2. The van der Waals surface area contributed by atoms with Crippen molar-refractivity contribution in [1.29, 1.82) is 5.26 Å². The third kappa shape index (κ3) is 4.34. The minimum absolute atomic E-state index is 0.00859. The lowest BCUT2D eigenvalue weighted by atomic mass is 9.99. The highest BCUT2D eigenvalue weighted by atomic mass is 32.1. The van der Waals surface area contributed by atoms with Gasteiger partial charge in [0.15, 0.2) is 4.96 Å². The van der Waals surface area contributed by atoms with E-state index in [9.17, 15) is 10.1 Å². The zero-order valence-electron chi connectivity index (χ0n) is 17.6. The number of hydrogen-bond donors (Lipinski definition) is 0. The highest BCUT2D eigenvalue weighted by Gasteiger charge is 2.18. The average molecular weight is 442 g/mol. The maximum absolute atomic E-state index is 12.2. The summed E-state index contributed by atoms with van der Waals surface area (Å²) in [6, 6.07) is 20.1. The number of nitriles is 1. The summed E-state index contributed by atoms with van der Waals surface area (Å²) in [6.07, 6.45) is 1.77. The van der Waals surface area contributed by atoms with E-state index < -0.39 is 0 Å².